The summed E-state index contributed by atoms with van der Waals surface area (Å²) in [7, 11) is 0. The number of carboxylic acids is 1. The smallest absolute Gasteiger partial charge is 0.308 e. The molecule has 1 fully saturated rings. The van der Waals surface area contributed by atoms with Crippen molar-refractivity contribution in [1.29, 1.82) is 0 Å². The van der Waals surface area contributed by atoms with E-state index in [9.17, 15) is 14.7 Å². The molecule has 0 unspecified atom stereocenters. The minimum absolute atomic E-state index is 0.125. The molecule has 0 radical (unpaired) electrons. The minimum atomic E-state index is -0.825. The van der Waals surface area contributed by atoms with Crippen LogP contribution in [0.3, 0.4) is 0 Å². The summed E-state index contributed by atoms with van der Waals surface area (Å²) in [4.78, 5) is 23.3. The summed E-state index contributed by atoms with van der Waals surface area (Å²) in [6, 6.07) is 1.43. The fourth-order valence-corrected chi connectivity index (χ4v) is 2.70. The van der Waals surface area contributed by atoms with Crippen LogP contribution in [0.5, 0.6) is 0 Å². The Bertz CT molecular complexity index is 483. The molecular weight excluding hydrogens is 260 g/mol. The van der Waals surface area contributed by atoms with Gasteiger partial charge in [-0.1, -0.05) is 24.4 Å². The van der Waals surface area contributed by atoms with Crippen LogP contribution in [0.2, 0.25) is 0 Å². The Hall–Kier alpha value is -1.85. The van der Waals surface area contributed by atoms with Gasteiger partial charge >= 0.3 is 5.97 Å². The van der Waals surface area contributed by atoms with E-state index in [1.54, 1.807) is 13.0 Å². The average Bonchev–Trinajstić information content (AvgIpc) is 2.64. The molecule has 0 aromatic carbocycles. The van der Waals surface area contributed by atoms with E-state index in [-0.39, 0.29) is 18.4 Å². The summed E-state index contributed by atoms with van der Waals surface area (Å²) in [5.41, 5.74) is 0.570. The second-order valence-electron chi connectivity index (χ2n) is 5.36. The van der Waals surface area contributed by atoms with Gasteiger partial charge in [0.25, 0.3) is 0 Å². The number of nitrogens with one attached hydrogen (secondary N) is 1. The van der Waals surface area contributed by atoms with E-state index >= 15 is 0 Å². The number of aryl methyl sites for hydroxylation is 1. The largest absolute Gasteiger partial charge is 0.481 e. The Morgan fingerprint density at radius 1 is 1.40 bits per heavy atom. The van der Waals surface area contributed by atoms with Crippen LogP contribution >= 0.6 is 0 Å². The fraction of sp³-hybridized carbons (Fsp3) is 0.643. The molecular formula is C14H20N2O4. The number of aromatic nitrogens is 1. The third-order valence-corrected chi connectivity index (χ3v) is 3.70. The van der Waals surface area contributed by atoms with Crippen molar-refractivity contribution in [3.63, 3.8) is 0 Å². The molecule has 110 valence electrons. The van der Waals surface area contributed by atoms with Crippen LogP contribution in [0.25, 0.3) is 0 Å². The van der Waals surface area contributed by atoms with Crippen LogP contribution in [-0.2, 0) is 16.0 Å². The molecule has 0 bridgehead atoms. The van der Waals surface area contributed by atoms with Crippen LogP contribution in [0.1, 0.15) is 43.6 Å². The summed E-state index contributed by atoms with van der Waals surface area (Å²) in [6.45, 7) is 1.76. The Labute approximate surface area is 117 Å². The molecule has 1 aromatic heterocycles. The normalized spacial score (nSPS) is 23.1. The monoisotopic (exact) mass is 280 g/mol. The Kier molecular flexibility index (Phi) is 4.76. The van der Waals surface area contributed by atoms with E-state index in [1.807, 2.05) is 0 Å². The van der Waals surface area contributed by atoms with E-state index < -0.39 is 11.9 Å². The summed E-state index contributed by atoms with van der Waals surface area (Å²) in [5, 5.41) is 15.9. The van der Waals surface area contributed by atoms with Crippen LogP contribution in [0.4, 0.5) is 0 Å². The standard InChI is InChI=1S/C14H20N2O4/c1-9-7-10(16-20-9)8-13(17)15-12-6-4-2-3-5-11(12)14(18)19/h7,11-12H,2-6,8H2,1H3,(H,15,17)(H,18,19)/t11-,12+/m1/s1. The maximum Gasteiger partial charge on any atom is 0.308 e. The lowest BCUT2D eigenvalue weighted by atomic mass is 9.94. The number of aliphatic carboxylic acids is 1. The maximum absolute atomic E-state index is 12.0. The molecule has 0 saturated heterocycles. The number of carbonyl (C=O) groups is 2. The zero-order valence-corrected chi connectivity index (χ0v) is 11.6. The van der Waals surface area contributed by atoms with Crippen LogP contribution in [-0.4, -0.2) is 28.2 Å². The molecule has 2 N–H and O–H groups in total. The molecule has 20 heavy (non-hydrogen) atoms. The van der Waals surface area contributed by atoms with Gasteiger partial charge in [0.1, 0.15) is 5.76 Å². The Balaban J connectivity index is 1.95. The van der Waals surface area contributed by atoms with Gasteiger partial charge in [-0.25, -0.2) is 0 Å². The van der Waals surface area contributed by atoms with Crippen molar-refractivity contribution in [1.82, 2.24) is 10.5 Å². The van der Waals surface area contributed by atoms with E-state index in [1.165, 1.54) is 0 Å². The van der Waals surface area contributed by atoms with Crippen LogP contribution in [0.15, 0.2) is 10.6 Å². The second kappa shape index (κ2) is 6.54. The number of hydrogen-bond acceptors (Lipinski definition) is 4. The van der Waals surface area contributed by atoms with Gasteiger partial charge in [0.2, 0.25) is 5.91 Å². The first-order valence-corrected chi connectivity index (χ1v) is 7.00. The zero-order chi connectivity index (χ0) is 14.5. The number of hydrogen-bond donors (Lipinski definition) is 2. The Morgan fingerprint density at radius 2 is 2.15 bits per heavy atom. The van der Waals surface area contributed by atoms with Crippen molar-refractivity contribution in [3.05, 3.63) is 17.5 Å². The molecule has 1 saturated carbocycles. The summed E-state index contributed by atoms with van der Waals surface area (Å²) >= 11 is 0. The molecule has 2 rings (SSSR count). The fourth-order valence-electron chi connectivity index (χ4n) is 2.70. The third-order valence-electron chi connectivity index (χ3n) is 3.70. The van der Waals surface area contributed by atoms with Crippen molar-refractivity contribution in [3.8, 4) is 0 Å². The first-order valence-electron chi connectivity index (χ1n) is 7.00. The highest BCUT2D eigenvalue weighted by molar-refractivity contribution is 5.79. The molecule has 1 heterocycles. The van der Waals surface area contributed by atoms with Crippen LogP contribution < -0.4 is 5.32 Å². The molecule has 6 heteroatoms. The number of nitrogens with zero attached hydrogens (tertiary/aromatic N) is 1. The average molecular weight is 280 g/mol. The van der Waals surface area contributed by atoms with E-state index in [4.69, 9.17) is 4.52 Å². The minimum Gasteiger partial charge on any atom is -0.481 e. The molecule has 1 amide bonds. The molecule has 1 aliphatic carbocycles. The van der Waals surface area contributed by atoms with Crippen molar-refractivity contribution >= 4 is 11.9 Å². The van der Waals surface area contributed by atoms with Crippen molar-refractivity contribution in [2.75, 3.05) is 0 Å². The van der Waals surface area contributed by atoms with E-state index in [2.05, 4.69) is 10.5 Å². The van der Waals surface area contributed by atoms with Gasteiger partial charge in [0.15, 0.2) is 0 Å². The lowest BCUT2D eigenvalue weighted by Crippen LogP contribution is -2.43. The first-order chi connectivity index (χ1) is 9.56. The van der Waals surface area contributed by atoms with Gasteiger partial charge in [-0.05, 0) is 19.8 Å². The van der Waals surface area contributed by atoms with Gasteiger partial charge in [0, 0.05) is 12.1 Å². The highest BCUT2D eigenvalue weighted by atomic mass is 16.5. The summed E-state index contributed by atoms with van der Waals surface area (Å²) < 4.78 is 4.91. The molecule has 6 nitrogen and oxygen atoms in total. The molecule has 1 aliphatic rings. The summed E-state index contributed by atoms with van der Waals surface area (Å²) in [6.07, 6.45) is 4.37. The number of carbonyl (C=O) groups excluding carboxylic acids is 1. The van der Waals surface area contributed by atoms with Crippen molar-refractivity contribution in [2.24, 2.45) is 5.92 Å². The van der Waals surface area contributed by atoms with E-state index in [0.29, 0.717) is 17.9 Å². The highest BCUT2D eigenvalue weighted by Gasteiger charge is 2.30. The van der Waals surface area contributed by atoms with Crippen molar-refractivity contribution < 1.29 is 19.2 Å². The van der Waals surface area contributed by atoms with Gasteiger partial charge in [-0.3, -0.25) is 9.59 Å². The zero-order valence-electron chi connectivity index (χ0n) is 11.6. The SMILES string of the molecule is Cc1cc(CC(=O)N[C@H]2CCCCC[C@H]2C(=O)O)no1. The second-order valence-corrected chi connectivity index (χ2v) is 5.36. The third kappa shape index (κ3) is 3.82. The summed E-state index contributed by atoms with van der Waals surface area (Å²) in [5.74, 6) is -0.850. The highest BCUT2D eigenvalue weighted by Crippen LogP contribution is 2.24. The van der Waals surface area contributed by atoms with Gasteiger partial charge in [-0.2, -0.15) is 0 Å². The molecule has 0 spiro atoms. The quantitative estimate of drug-likeness (QED) is 0.818. The van der Waals surface area contributed by atoms with Gasteiger partial charge in [-0.15, -0.1) is 0 Å². The number of amides is 1. The Morgan fingerprint density at radius 3 is 2.80 bits per heavy atom. The lowest BCUT2D eigenvalue weighted by Gasteiger charge is -2.22. The predicted octanol–water partition coefficient (Wildman–Crippen LogP) is 1.68. The predicted molar refractivity (Wildman–Crippen MR) is 71.1 cm³/mol. The molecule has 1 aromatic rings. The maximum atomic E-state index is 12.0. The number of carboxylic acid groups (broad SMARTS) is 1. The van der Waals surface area contributed by atoms with Crippen LogP contribution in [0, 0.1) is 12.8 Å². The van der Waals surface area contributed by atoms with E-state index in [0.717, 1.165) is 25.7 Å². The lowest BCUT2D eigenvalue weighted by molar-refractivity contribution is -0.143. The topological polar surface area (TPSA) is 92.4 Å². The molecule has 0 aliphatic heterocycles. The van der Waals surface area contributed by atoms with Gasteiger partial charge in [0.05, 0.1) is 18.0 Å². The van der Waals surface area contributed by atoms with Gasteiger partial charge < -0.3 is 14.9 Å². The molecule has 2 atom stereocenters. The first kappa shape index (κ1) is 14.6. The number of rotatable bonds is 4. The van der Waals surface area contributed by atoms with Crippen molar-refractivity contribution in [2.45, 2.75) is 51.5 Å².